The molecular formula is C29H29F6N5O6. The van der Waals surface area contributed by atoms with Crippen molar-refractivity contribution >= 4 is 23.7 Å². The topological polar surface area (TPSA) is 136 Å². The normalized spacial score (nSPS) is 16.4. The highest BCUT2D eigenvalue weighted by atomic mass is 19.4. The number of nitrogens with one attached hydrogen (secondary N) is 1. The lowest BCUT2D eigenvalue weighted by Gasteiger charge is -2.39. The molecule has 46 heavy (non-hydrogen) atoms. The van der Waals surface area contributed by atoms with Crippen LogP contribution in [0.1, 0.15) is 60.8 Å². The van der Waals surface area contributed by atoms with E-state index in [0.29, 0.717) is 29.9 Å². The quantitative estimate of drug-likeness (QED) is 0.240. The number of fused-ring (bicyclic) bond motifs is 1. The number of aromatic nitrogens is 3. The molecule has 0 aliphatic carbocycles. The molecule has 1 aliphatic rings. The van der Waals surface area contributed by atoms with Crippen molar-refractivity contribution < 1.29 is 55.2 Å². The minimum Gasteiger partial charge on any atom is -0.481 e. The second-order valence-corrected chi connectivity index (χ2v) is 10.1. The van der Waals surface area contributed by atoms with Gasteiger partial charge in [0.2, 0.25) is 11.8 Å². The van der Waals surface area contributed by atoms with Gasteiger partial charge in [-0.05, 0) is 49.6 Å². The van der Waals surface area contributed by atoms with Gasteiger partial charge in [0, 0.05) is 18.5 Å². The molecule has 0 spiro atoms. The van der Waals surface area contributed by atoms with E-state index in [9.17, 15) is 35.9 Å². The van der Waals surface area contributed by atoms with Crippen LogP contribution in [0, 0.1) is 0 Å². The van der Waals surface area contributed by atoms with Crippen LogP contribution in [-0.2, 0) is 28.3 Å². The molecular weight excluding hydrogens is 628 g/mol. The zero-order chi connectivity index (χ0) is 33.8. The van der Waals surface area contributed by atoms with Crippen LogP contribution in [0.5, 0.6) is 11.6 Å². The van der Waals surface area contributed by atoms with E-state index < -0.39 is 60.2 Å². The summed E-state index contributed by atoms with van der Waals surface area (Å²) in [6, 6.07) is 3.28. The average molecular weight is 658 g/mol. The summed E-state index contributed by atoms with van der Waals surface area (Å²) in [4.78, 5) is 38.5. The van der Waals surface area contributed by atoms with Gasteiger partial charge in [-0.25, -0.2) is 24.5 Å². The molecule has 0 bridgehead atoms. The Hall–Kier alpha value is -4.83. The Balaban J connectivity index is 1.76. The standard InChI is InChI=1S/C29H29F6N5O6/c1-4-18-12-20(25-21(6-7-23(39-25)44-3)40(18)27(43)45-5-2)38-26-36-13-22(46-14-24(41)42)19(37-26)10-15-8-16(28(30,31)32)11-17(9-15)29(33,34)35/h6-9,11,13,18,20H,4-5,10,12,14H2,1-3H3,(H,41,42)(H,36,37,38). The first kappa shape index (κ1) is 34.1. The van der Waals surface area contributed by atoms with Crippen LogP contribution in [0.25, 0.3) is 0 Å². The zero-order valence-corrected chi connectivity index (χ0v) is 24.7. The van der Waals surface area contributed by atoms with E-state index in [1.165, 1.54) is 12.0 Å². The Morgan fingerprint density at radius 2 is 1.72 bits per heavy atom. The minimum absolute atomic E-state index is 0.00380. The highest BCUT2D eigenvalue weighted by molar-refractivity contribution is 5.90. The van der Waals surface area contributed by atoms with Gasteiger partial charge in [0.1, 0.15) is 0 Å². The molecule has 0 saturated carbocycles. The van der Waals surface area contributed by atoms with E-state index >= 15 is 0 Å². The molecule has 2 aromatic heterocycles. The first-order valence-electron chi connectivity index (χ1n) is 13.9. The third-order valence-electron chi connectivity index (χ3n) is 6.99. The van der Waals surface area contributed by atoms with Crippen LogP contribution in [-0.4, -0.2) is 58.5 Å². The Bertz CT molecular complexity index is 1550. The lowest BCUT2D eigenvalue weighted by molar-refractivity contribution is -0.143. The summed E-state index contributed by atoms with van der Waals surface area (Å²) in [5.41, 5.74) is -2.85. The van der Waals surface area contributed by atoms with Crippen LogP contribution in [0.15, 0.2) is 36.5 Å². The summed E-state index contributed by atoms with van der Waals surface area (Å²) in [6.07, 6.45) is -9.48. The maximum Gasteiger partial charge on any atom is 0.416 e. The highest BCUT2D eigenvalue weighted by Gasteiger charge is 2.39. The Labute approximate surface area is 258 Å². The fourth-order valence-electron chi connectivity index (χ4n) is 4.96. The van der Waals surface area contributed by atoms with Gasteiger partial charge in [-0.2, -0.15) is 26.3 Å². The van der Waals surface area contributed by atoms with Crippen molar-refractivity contribution in [3.8, 4) is 11.6 Å². The number of carbonyl (C=O) groups excluding carboxylic acids is 1. The number of carbonyl (C=O) groups is 2. The first-order valence-corrected chi connectivity index (χ1v) is 13.9. The number of halogens is 6. The molecule has 3 heterocycles. The van der Waals surface area contributed by atoms with Crippen molar-refractivity contribution in [3.05, 3.63) is 64.6 Å². The van der Waals surface area contributed by atoms with Gasteiger partial charge in [-0.1, -0.05) is 6.92 Å². The number of carboxylic acids is 1. The van der Waals surface area contributed by atoms with Gasteiger partial charge in [0.25, 0.3) is 0 Å². The van der Waals surface area contributed by atoms with Crippen molar-refractivity contribution in [1.29, 1.82) is 0 Å². The van der Waals surface area contributed by atoms with E-state index in [2.05, 4.69) is 20.3 Å². The Kier molecular flexibility index (Phi) is 10.1. The lowest BCUT2D eigenvalue weighted by Crippen LogP contribution is -2.46. The molecule has 0 saturated heterocycles. The van der Waals surface area contributed by atoms with E-state index in [0.717, 1.165) is 6.20 Å². The van der Waals surface area contributed by atoms with Gasteiger partial charge in [0.15, 0.2) is 12.4 Å². The number of carboxylic acid groups (broad SMARTS) is 1. The molecule has 248 valence electrons. The number of pyridine rings is 1. The molecule has 1 aliphatic heterocycles. The predicted octanol–water partition coefficient (Wildman–Crippen LogP) is 6.27. The van der Waals surface area contributed by atoms with Crippen molar-refractivity contribution in [2.75, 3.05) is 30.5 Å². The largest absolute Gasteiger partial charge is 0.481 e. The van der Waals surface area contributed by atoms with E-state index in [-0.39, 0.29) is 48.4 Å². The number of ether oxygens (including phenoxy) is 3. The fraction of sp³-hybridized carbons (Fsp3) is 0.414. The number of anilines is 2. The number of amides is 1. The molecule has 11 nitrogen and oxygen atoms in total. The van der Waals surface area contributed by atoms with E-state index in [1.807, 2.05) is 6.92 Å². The van der Waals surface area contributed by atoms with E-state index in [4.69, 9.17) is 19.3 Å². The highest BCUT2D eigenvalue weighted by Crippen LogP contribution is 2.41. The number of nitrogens with zero attached hydrogens (tertiary/aromatic N) is 4. The predicted molar refractivity (Wildman–Crippen MR) is 150 cm³/mol. The SMILES string of the molecule is CCOC(=O)N1c2ccc(OC)nc2C(Nc2ncc(OCC(=O)O)c(Cc3cc(C(F)(F)F)cc(C(F)(F)F)c3)n2)CC1CC. The molecule has 17 heteroatoms. The fourth-order valence-corrected chi connectivity index (χ4v) is 4.96. The average Bonchev–Trinajstić information content (AvgIpc) is 2.99. The van der Waals surface area contributed by atoms with Crippen LogP contribution in [0.4, 0.5) is 42.8 Å². The maximum absolute atomic E-state index is 13.5. The molecule has 2 N–H and O–H groups in total. The zero-order valence-electron chi connectivity index (χ0n) is 24.7. The number of aliphatic carboxylic acids is 1. The van der Waals surface area contributed by atoms with Gasteiger partial charge >= 0.3 is 24.4 Å². The summed E-state index contributed by atoms with van der Waals surface area (Å²) in [5, 5.41) is 12.2. The summed E-state index contributed by atoms with van der Waals surface area (Å²) in [7, 11) is 1.40. The molecule has 3 aromatic rings. The van der Waals surface area contributed by atoms with Crippen molar-refractivity contribution in [2.24, 2.45) is 0 Å². The van der Waals surface area contributed by atoms with Crippen molar-refractivity contribution in [3.63, 3.8) is 0 Å². The van der Waals surface area contributed by atoms with Crippen LogP contribution >= 0.6 is 0 Å². The summed E-state index contributed by atoms with van der Waals surface area (Å²) < 4.78 is 96.8. The Morgan fingerprint density at radius 1 is 1.04 bits per heavy atom. The van der Waals surface area contributed by atoms with Crippen LogP contribution < -0.4 is 19.7 Å². The molecule has 2 atom stereocenters. The maximum atomic E-state index is 13.5. The minimum atomic E-state index is -5.08. The third-order valence-corrected chi connectivity index (χ3v) is 6.99. The summed E-state index contributed by atoms with van der Waals surface area (Å²) in [5.74, 6) is -1.53. The van der Waals surface area contributed by atoms with Gasteiger partial charge in [-0.15, -0.1) is 0 Å². The molecule has 0 radical (unpaired) electrons. The first-order chi connectivity index (χ1) is 21.6. The lowest BCUT2D eigenvalue weighted by atomic mass is 9.93. The second kappa shape index (κ2) is 13.7. The molecule has 1 aromatic carbocycles. The number of rotatable bonds is 10. The van der Waals surface area contributed by atoms with Gasteiger partial charge in [-0.3, -0.25) is 4.90 Å². The molecule has 0 fully saturated rings. The van der Waals surface area contributed by atoms with Gasteiger partial charge in [0.05, 0.1) is 54.2 Å². The molecule has 4 rings (SSSR count). The second-order valence-electron chi connectivity index (χ2n) is 10.1. The third kappa shape index (κ3) is 7.87. The number of hydrogen-bond acceptors (Lipinski definition) is 9. The van der Waals surface area contributed by atoms with Crippen LogP contribution in [0.2, 0.25) is 0 Å². The van der Waals surface area contributed by atoms with Gasteiger partial charge < -0.3 is 24.6 Å². The monoisotopic (exact) mass is 657 g/mol. The number of methoxy groups -OCH3 is 1. The molecule has 2 unspecified atom stereocenters. The van der Waals surface area contributed by atoms with Crippen molar-refractivity contribution in [1.82, 2.24) is 15.0 Å². The molecule has 1 amide bonds. The summed E-state index contributed by atoms with van der Waals surface area (Å²) >= 11 is 0. The van der Waals surface area contributed by atoms with Crippen molar-refractivity contribution in [2.45, 2.75) is 57.5 Å². The van der Waals surface area contributed by atoms with Crippen LogP contribution in [0.3, 0.4) is 0 Å². The Morgan fingerprint density at radius 3 is 2.28 bits per heavy atom. The number of hydrogen-bond donors (Lipinski definition) is 2. The van der Waals surface area contributed by atoms with E-state index in [1.54, 1.807) is 19.1 Å². The summed E-state index contributed by atoms with van der Waals surface area (Å²) in [6.45, 7) is 2.79. The number of alkyl halides is 6. The number of benzene rings is 1. The smallest absolute Gasteiger partial charge is 0.416 e.